The molecule has 1 fully saturated rings. The van der Waals surface area contributed by atoms with Gasteiger partial charge < -0.3 is 9.47 Å². The van der Waals surface area contributed by atoms with E-state index in [9.17, 15) is 9.59 Å². The molecule has 2 aliphatic rings. The molecule has 3 aromatic heterocycles. The minimum atomic E-state index is -0.0921. The number of hydrogen-bond acceptors (Lipinski definition) is 5. The summed E-state index contributed by atoms with van der Waals surface area (Å²) in [6.45, 7) is 1.86. The Hall–Kier alpha value is -3.35. The van der Waals surface area contributed by atoms with Crippen molar-refractivity contribution in [3.8, 4) is 11.1 Å². The Labute approximate surface area is 161 Å². The van der Waals surface area contributed by atoms with Gasteiger partial charge in [0.05, 0.1) is 6.20 Å². The molecule has 0 aliphatic carbocycles. The smallest absolute Gasteiger partial charge is 0.274 e. The van der Waals surface area contributed by atoms with Crippen molar-refractivity contribution in [2.75, 3.05) is 13.1 Å². The van der Waals surface area contributed by atoms with E-state index < -0.39 is 0 Å². The molecule has 2 bridgehead atoms. The van der Waals surface area contributed by atoms with Crippen molar-refractivity contribution >= 4 is 5.91 Å². The summed E-state index contributed by atoms with van der Waals surface area (Å²) in [5.41, 5.74) is 2.90. The highest BCUT2D eigenvalue weighted by molar-refractivity contribution is 5.92. The van der Waals surface area contributed by atoms with Crippen LogP contribution in [0.5, 0.6) is 0 Å². The molecule has 7 nitrogen and oxygen atoms in total. The first-order chi connectivity index (χ1) is 13.7. The van der Waals surface area contributed by atoms with Crippen molar-refractivity contribution in [3.63, 3.8) is 0 Å². The van der Waals surface area contributed by atoms with Crippen LogP contribution in [0.2, 0.25) is 0 Å². The minimum absolute atomic E-state index is 0.0221. The lowest BCUT2D eigenvalue weighted by molar-refractivity contribution is 0.0588. The molecular weight excluding hydrogens is 354 g/mol. The number of carbonyl (C=O) groups excluding carboxylic acids is 1. The van der Waals surface area contributed by atoms with Crippen LogP contribution in [0.3, 0.4) is 0 Å². The van der Waals surface area contributed by atoms with E-state index in [1.165, 1.54) is 12.4 Å². The highest BCUT2D eigenvalue weighted by Gasteiger charge is 2.37. The zero-order chi connectivity index (χ0) is 19.1. The van der Waals surface area contributed by atoms with Gasteiger partial charge in [0.1, 0.15) is 5.69 Å². The van der Waals surface area contributed by atoms with Gasteiger partial charge in [0.2, 0.25) is 0 Å². The van der Waals surface area contributed by atoms with Crippen molar-refractivity contribution in [3.05, 3.63) is 77.0 Å². The summed E-state index contributed by atoms with van der Waals surface area (Å²) in [6.07, 6.45) is 9.01. The van der Waals surface area contributed by atoms with Crippen LogP contribution in [0.4, 0.5) is 0 Å². The van der Waals surface area contributed by atoms with Gasteiger partial charge in [0, 0.05) is 67.2 Å². The molecule has 7 heteroatoms. The summed E-state index contributed by atoms with van der Waals surface area (Å²) in [5.74, 6) is 0.322. The van der Waals surface area contributed by atoms with Gasteiger partial charge in [-0.05, 0) is 30.5 Å². The number of rotatable bonds is 2. The zero-order valence-electron chi connectivity index (χ0n) is 15.2. The first-order valence-corrected chi connectivity index (χ1v) is 9.40. The lowest BCUT2D eigenvalue weighted by atomic mass is 9.82. The lowest BCUT2D eigenvalue weighted by Crippen LogP contribution is -2.49. The molecule has 1 amide bonds. The topological polar surface area (TPSA) is 81.0 Å². The van der Waals surface area contributed by atoms with Crippen LogP contribution in [-0.4, -0.2) is 43.4 Å². The molecule has 0 unspecified atom stereocenters. The van der Waals surface area contributed by atoms with E-state index in [1.807, 2.05) is 33.7 Å². The number of fused-ring (bicyclic) bond motifs is 4. The monoisotopic (exact) mass is 373 g/mol. The quantitative estimate of drug-likeness (QED) is 0.686. The number of nitrogens with zero attached hydrogens (tertiary/aromatic N) is 5. The van der Waals surface area contributed by atoms with Crippen LogP contribution < -0.4 is 5.56 Å². The minimum Gasteiger partial charge on any atom is -0.336 e. The van der Waals surface area contributed by atoms with Gasteiger partial charge in [-0.1, -0.05) is 6.07 Å². The maximum absolute atomic E-state index is 13.1. The van der Waals surface area contributed by atoms with Gasteiger partial charge in [-0.15, -0.1) is 0 Å². The van der Waals surface area contributed by atoms with Crippen molar-refractivity contribution in [1.29, 1.82) is 0 Å². The maximum Gasteiger partial charge on any atom is 0.274 e. The van der Waals surface area contributed by atoms with Gasteiger partial charge in [-0.3, -0.25) is 19.6 Å². The van der Waals surface area contributed by atoms with E-state index in [1.54, 1.807) is 18.6 Å². The number of aromatic nitrogens is 4. The Morgan fingerprint density at radius 2 is 1.89 bits per heavy atom. The van der Waals surface area contributed by atoms with Crippen LogP contribution >= 0.6 is 0 Å². The van der Waals surface area contributed by atoms with E-state index in [0.29, 0.717) is 30.9 Å². The van der Waals surface area contributed by atoms with E-state index in [4.69, 9.17) is 0 Å². The Morgan fingerprint density at radius 1 is 1.00 bits per heavy atom. The van der Waals surface area contributed by atoms with E-state index in [0.717, 1.165) is 17.7 Å². The third kappa shape index (κ3) is 2.79. The Bertz CT molecular complexity index is 1080. The molecule has 1 saturated heterocycles. The molecule has 0 radical (unpaired) electrons. The van der Waals surface area contributed by atoms with Gasteiger partial charge in [0.25, 0.3) is 11.5 Å². The van der Waals surface area contributed by atoms with Gasteiger partial charge >= 0.3 is 0 Å². The molecule has 0 spiro atoms. The summed E-state index contributed by atoms with van der Waals surface area (Å²) in [5, 5.41) is 0. The predicted molar refractivity (Wildman–Crippen MR) is 103 cm³/mol. The molecule has 28 heavy (non-hydrogen) atoms. The highest BCUT2D eigenvalue weighted by Crippen LogP contribution is 2.36. The molecule has 0 aromatic carbocycles. The fraction of sp³-hybridized carbons (Fsp3) is 0.286. The second-order valence-corrected chi connectivity index (χ2v) is 7.43. The average Bonchev–Trinajstić information content (AvgIpc) is 2.75. The first kappa shape index (κ1) is 16.8. The molecule has 2 aliphatic heterocycles. The molecular formula is C21H19N5O2. The second kappa shape index (κ2) is 6.67. The van der Waals surface area contributed by atoms with Crippen LogP contribution in [0.1, 0.15) is 28.5 Å². The Balaban J connectivity index is 1.47. The Kier molecular flexibility index (Phi) is 4.00. The molecule has 0 N–H and O–H groups in total. The summed E-state index contributed by atoms with van der Waals surface area (Å²) in [4.78, 5) is 40.0. The molecule has 5 rings (SSSR count). The largest absolute Gasteiger partial charge is 0.336 e. The highest BCUT2D eigenvalue weighted by atomic mass is 16.2. The first-order valence-electron chi connectivity index (χ1n) is 9.40. The van der Waals surface area contributed by atoms with Crippen molar-refractivity contribution in [2.24, 2.45) is 5.92 Å². The third-order valence-corrected chi connectivity index (χ3v) is 5.65. The van der Waals surface area contributed by atoms with Crippen molar-refractivity contribution < 1.29 is 4.79 Å². The summed E-state index contributed by atoms with van der Waals surface area (Å²) >= 11 is 0. The predicted octanol–water partition coefficient (Wildman–Crippen LogP) is 1.96. The van der Waals surface area contributed by atoms with E-state index >= 15 is 0 Å². The van der Waals surface area contributed by atoms with Crippen LogP contribution in [0.25, 0.3) is 11.1 Å². The number of piperidine rings is 1. The molecule has 3 aromatic rings. The van der Waals surface area contributed by atoms with Gasteiger partial charge in [0.15, 0.2) is 0 Å². The second-order valence-electron chi connectivity index (χ2n) is 7.43. The van der Waals surface area contributed by atoms with E-state index in [2.05, 4.69) is 15.0 Å². The van der Waals surface area contributed by atoms with Gasteiger partial charge in [-0.25, -0.2) is 4.98 Å². The fourth-order valence-corrected chi connectivity index (χ4v) is 4.42. The normalized spacial score (nSPS) is 20.5. The lowest BCUT2D eigenvalue weighted by Gasteiger charge is -2.42. The number of carbonyl (C=O) groups is 1. The number of likely N-dealkylation sites (tertiary alicyclic amines) is 1. The number of hydrogen-bond donors (Lipinski definition) is 0. The van der Waals surface area contributed by atoms with Crippen molar-refractivity contribution in [1.82, 2.24) is 24.4 Å². The van der Waals surface area contributed by atoms with Crippen LogP contribution in [0, 0.1) is 5.92 Å². The Morgan fingerprint density at radius 3 is 2.68 bits per heavy atom. The SMILES string of the molecule is O=C(c1cnccn1)N1C[C@H]2C[C@H](C1)c1ccc(-c3cccnc3)c(=O)n1C2. The summed E-state index contributed by atoms with van der Waals surface area (Å²) in [6, 6.07) is 7.65. The standard InChI is InChI=1S/C21H19N5O2/c27-20-17(15-2-1-5-22-9-15)3-4-19-16-8-14(12-26(19)20)11-25(13-16)21(28)18-10-23-6-7-24-18/h1-7,9-10,14,16H,8,11-13H2/t14-,16-/m1/s1. The number of pyridine rings is 2. The summed E-state index contributed by atoms with van der Waals surface area (Å²) < 4.78 is 1.89. The molecule has 0 saturated carbocycles. The zero-order valence-corrected chi connectivity index (χ0v) is 15.2. The van der Waals surface area contributed by atoms with E-state index in [-0.39, 0.29) is 23.3 Å². The molecule has 5 heterocycles. The van der Waals surface area contributed by atoms with Crippen LogP contribution in [-0.2, 0) is 6.54 Å². The molecule has 140 valence electrons. The van der Waals surface area contributed by atoms with Crippen LogP contribution in [0.15, 0.2) is 60.0 Å². The summed E-state index contributed by atoms with van der Waals surface area (Å²) in [7, 11) is 0. The fourth-order valence-electron chi connectivity index (χ4n) is 4.42. The van der Waals surface area contributed by atoms with Gasteiger partial charge in [-0.2, -0.15) is 0 Å². The number of amides is 1. The maximum atomic E-state index is 13.1. The van der Waals surface area contributed by atoms with Crippen molar-refractivity contribution in [2.45, 2.75) is 18.9 Å². The average molecular weight is 373 g/mol. The third-order valence-electron chi connectivity index (χ3n) is 5.65. The molecule has 2 atom stereocenters.